The van der Waals surface area contributed by atoms with Gasteiger partial charge in [0.15, 0.2) is 0 Å². The number of carboxylic acid groups (broad SMARTS) is 1. The van der Waals surface area contributed by atoms with Crippen LogP contribution in [0, 0.1) is 0 Å². The van der Waals surface area contributed by atoms with Gasteiger partial charge in [-0.1, -0.05) is 18.2 Å². The van der Waals surface area contributed by atoms with E-state index in [0.717, 1.165) is 17.7 Å². The summed E-state index contributed by atoms with van der Waals surface area (Å²) in [4.78, 5) is 25.2. The molecule has 0 spiro atoms. The zero-order chi connectivity index (χ0) is 18.5. The molecule has 2 aromatic rings. The van der Waals surface area contributed by atoms with Crippen molar-refractivity contribution < 1.29 is 24.2 Å². The van der Waals surface area contributed by atoms with E-state index >= 15 is 0 Å². The van der Waals surface area contributed by atoms with Crippen LogP contribution in [-0.2, 0) is 11.4 Å². The molecule has 3 rings (SSSR count). The number of hydrogen-bond donors (Lipinski definition) is 1. The van der Waals surface area contributed by atoms with Gasteiger partial charge in [0.25, 0.3) is 5.91 Å². The number of carbonyl (C=O) groups excluding carboxylic acids is 1. The number of aliphatic carboxylic acids is 1. The van der Waals surface area contributed by atoms with Crippen molar-refractivity contribution in [1.29, 1.82) is 0 Å². The van der Waals surface area contributed by atoms with E-state index in [-0.39, 0.29) is 5.91 Å². The van der Waals surface area contributed by atoms with Crippen LogP contribution < -0.4 is 9.47 Å². The fourth-order valence-electron chi connectivity index (χ4n) is 3.03. The minimum absolute atomic E-state index is 0.241. The molecule has 0 aromatic heterocycles. The number of ether oxygens (including phenoxy) is 2. The van der Waals surface area contributed by atoms with Gasteiger partial charge in [-0.3, -0.25) is 4.79 Å². The molecule has 1 aliphatic rings. The summed E-state index contributed by atoms with van der Waals surface area (Å²) in [5, 5.41) is 9.22. The van der Waals surface area contributed by atoms with Gasteiger partial charge in [0.05, 0.1) is 7.11 Å². The van der Waals surface area contributed by atoms with Crippen molar-refractivity contribution in [3.8, 4) is 11.5 Å². The van der Waals surface area contributed by atoms with Crippen LogP contribution in [0.4, 0.5) is 0 Å². The zero-order valence-corrected chi connectivity index (χ0v) is 14.6. The number of carboxylic acids is 1. The number of likely N-dealkylation sites (tertiary alicyclic amines) is 1. The zero-order valence-electron chi connectivity index (χ0n) is 14.6. The third-order valence-corrected chi connectivity index (χ3v) is 4.45. The van der Waals surface area contributed by atoms with Crippen LogP contribution >= 0.6 is 0 Å². The average molecular weight is 355 g/mol. The van der Waals surface area contributed by atoms with Crippen molar-refractivity contribution >= 4 is 11.9 Å². The second kappa shape index (κ2) is 7.91. The molecule has 1 saturated heterocycles. The monoisotopic (exact) mass is 355 g/mol. The molecular weight excluding hydrogens is 334 g/mol. The first-order chi connectivity index (χ1) is 12.6. The Morgan fingerprint density at radius 1 is 1.15 bits per heavy atom. The SMILES string of the molecule is COc1cccc(OCc2ccc(C(=O)N3CCCC3C(=O)O)cc2)c1. The minimum Gasteiger partial charge on any atom is -0.497 e. The van der Waals surface area contributed by atoms with Gasteiger partial charge >= 0.3 is 5.97 Å². The van der Waals surface area contributed by atoms with E-state index in [1.165, 1.54) is 4.90 Å². The number of amides is 1. The molecule has 6 heteroatoms. The minimum atomic E-state index is -0.945. The van der Waals surface area contributed by atoms with Crippen molar-refractivity contribution in [2.24, 2.45) is 0 Å². The molecule has 1 aliphatic heterocycles. The summed E-state index contributed by atoms with van der Waals surface area (Å²) in [6.45, 7) is 0.847. The molecule has 26 heavy (non-hydrogen) atoms. The van der Waals surface area contributed by atoms with Gasteiger partial charge < -0.3 is 19.5 Å². The van der Waals surface area contributed by atoms with Crippen molar-refractivity contribution in [2.75, 3.05) is 13.7 Å². The van der Waals surface area contributed by atoms with Crippen LogP contribution in [0.15, 0.2) is 48.5 Å². The fourth-order valence-corrected chi connectivity index (χ4v) is 3.03. The van der Waals surface area contributed by atoms with Crippen LogP contribution in [0.5, 0.6) is 11.5 Å². The molecule has 2 aromatic carbocycles. The van der Waals surface area contributed by atoms with Gasteiger partial charge in [0, 0.05) is 18.2 Å². The molecule has 0 radical (unpaired) electrons. The van der Waals surface area contributed by atoms with Crippen molar-refractivity contribution in [3.63, 3.8) is 0 Å². The van der Waals surface area contributed by atoms with Crippen LogP contribution in [0.3, 0.4) is 0 Å². The Balaban J connectivity index is 1.63. The normalized spacial score (nSPS) is 16.3. The highest BCUT2D eigenvalue weighted by atomic mass is 16.5. The molecule has 0 aliphatic carbocycles. The topological polar surface area (TPSA) is 76.1 Å². The van der Waals surface area contributed by atoms with E-state index in [9.17, 15) is 14.7 Å². The first kappa shape index (κ1) is 17.8. The summed E-state index contributed by atoms with van der Waals surface area (Å²) in [6.07, 6.45) is 1.22. The molecule has 1 N–H and O–H groups in total. The smallest absolute Gasteiger partial charge is 0.326 e. The number of rotatable bonds is 6. The Hall–Kier alpha value is -3.02. The van der Waals surface area contributed by atoms with E-state index < -0.39 is 12.0 Å². The Labute approximate surface area is 152 Å². The Bertz CT molecular complexity index is 787. The summed E-state index contributed by atoms with van der Waals surface area (Å²) >= 11 is 0. The predicted molar refractivity (Wildman–Crippen MR) is 95.5 cm³/mol. The molecule has 0 saturated carbocycles. The highest BCUT2D eigenvalue weighted by Gasteiger charge is 2.34. The highest BCUT2D eigenvalue weighted by molar-refractivity contribution is 5.97. The fraction of sp³-hybridized carbons (Fsp3) is 0.300. The van der Waals surface area contributed by atoms with Crippen molar-refractivity contribution in [2.45, 2.75) is 25.5 Å². The Kier molecular flexibility index (Phi) is 5.41. The first-order valence-corrected chi connectivity index (χ1v) is 8.48. The quantitative estimate of drug-likeness (QED) is 0.862. The molecule has 136 valence electrons. The lowest BCUT2D eigenvalue weighted by Crippen LogP contribution is -2.40. The number of methoxy groups -OCH3 is 1. The first-order valence-electron chi connectivity index (χ1n) is 8.48. The largest absolute Gasteiger partial charge is 0.497 e. The van der Waals surface area contributed by atoms with E-state index in [2.05, 4.69) is 0 Å². The highest BCUT2D eigenvalue weighted by Crippen LogP contribution is 2.22. The summed E-state index contributed by atoms with van der Waals surface area (Å²) in [7, 11) is 1.60. The van der Waals surface area contributed by atoms with Gasteiger partial charge in [-0.05, 0) is 42.7 Å². The molecule has 1 unspecified atom stereocenters. The lowest BCUT2D eigenvalue weighted by molar-refractivity contribution is -0.141. The van der Waals surface area contributed by atoms with Crippen LogP contribution in [0.2, 0.25) is 0 Å². The van der Waals surface area contributed by atoms with Gasteiger partial charge in [0.2, 0.25) is 0 Å². The molecule has 1 amide bonds. The van der Waals surface area contributed by atoms with Crippen LogP contribution in [0.1, 0.15) is 28.8 Å². The van der Waals surface area contributed by atoms with Crippen LogP contribution in [0.25, 0.3) is 0 Å². The molecular formula is C20H21NO5. The second-order valence-electron chi connectivity index (χ2n) is 6.16. The second-order valence-corrected chi connectivity index (χ2v) is 6.16. The third-order valence-electron chi connectivity index (χ3n) is 4.45. The maximum Gasteiger partial charge on any atom is 0.326 e. The lowest BCUT2D eigenvalue weighted by atomic mass is 10.1. The molecule has 1 heterocycles. The Morgan fingerprint density at radius 2 is 1.88 bits per heavy atom. The lowest BCUT2D eigenvalue weighted by Gasteiger charge is -2.21. The van der Waals surface area contributed by atoms with E-state index in [1.54, 1.807) is 25.3 Å². The molecule has 0 bridgehead atoms. The average Bonchev–Trinajstić information content (AvgIpc) is 3.16. The summed E-state index contributed by atoms with van der Waals surface area (Å²) in [5.74, 6) is 0.238. The number of carbonyl (C=O) groups is 2. The van der Waals surface area contributed by atoms with Gasteiger partial charge in [-0.2, -0.15) is 0 Å². The van der Waals surface area contributed by atoms with Gasteiger partial charge in [-0.25, -0.2) is 4.79 Å². The number of nitrogens with zero attached hydrogens (tertiary/aromatic N) is 1. The third kappa shape index (κ3) is 3.96. The van der Waals surface area contributed by atoms with Gasteiger partial charge in [-0.15, -0.1) is 0 Å². The maximum absolute atomic E-state index is 12.5. The predicted octanol–water partition coefficient (Wildman–Crippen LogP) is 2.96. The number of benzene rings is 2. The van der Waals surface area contributed by atoms with Gasteiger partial charge in [0.1, 0.15) is 24.1 Å². The van der Waals surface area contributed by atoms with Crippen molar-refractivity contribution in [3.05, 3.63) is 59.7 Å². The number of hydrogen-bond acceptors (Lipinski definition) is 4. The Morgan fingerprint density at radius 3 is 2.58 bits per heavy atom. The molecule has 6 nitrogen and oxygen atoms in total. The van der Waals surface area contributed by atoms with E-state index in [1.807, 2.05) is 30.3 Å². The van der Waals surface area contributed by atoms with E-state index in [0.29, 0.717) is 30.9 Å². The molecule has 1 atom stereocenters. The van der Waals surface area contributed by atoms with Crippen molar-refractivity contribution in [1.82, 2.24) is 4.90 Å². The molecule has 1 fully saturated rings. The summed E-state index contributed by atoms with van der Waals surface area (Å²) in [6, 6.07) is 13.7. The summed E-state index contributed by atoms with van der Waals surface area (Å²) < 4.78 is 10.9. The van der Waals surface area contributed by atoms with Crippen LogP contribution in [-0.4, -0.2) is 41.6 Å². The maximum atomic E-state index is 12.5. The van der Waals surface area contributed by atoms with E-state index in [4.69, 9.17) is 9.47 Å². The standard InChI is InChI=1S/C20H21NO5/c1-25-16-4-2-5-17(12-16)26-13-14-7-9-15(10-8-14)19(22)21-11-3-6-18(21)20(23)24/h2,4-5,7-10,12,18H,3,6,11,13H2,1H3,(H,23,24). The summed E-state index contributed by atoms with van der Waals surface area (Å²) in [5.41, 5.74) is 1.41.